The van der Waals surface area contributed by atoms with Crippen molar-refractivity contribution in [3.8, 4) is 0 Å². The van der Waals surface area contributed by atoms with Gasteiger partial charge in [-0.15, -0.1) is 11.8 Å². The lowest BCUT2D eigenvalue weighted by molar-refractivity contribution is -0.136. The van der Waals surface area contributed by atoms with Gasteiger partial charge in [-0.1, -0.05) is 12.1 Å². The molecule has 0 aliphatic rings. The Balaban J connectivity index is 2.29. The van der Waals surface area contributed by atoms with E-state index in [4.69, 9.17) is 5.11 Å². The number of carboxylic acid groups (broad SMARTS) is 1. The van der Waals surface area contributed by atoms with E-state index in [1.807, 2.05) is 6.92 Å². The summed E-state index contributed by atoms with van der Waals surface area (Å²) in [6.07, 6.45) is -0.0357. The number of hydrogen-bond donors (Lipinski definition) is 2. The number of carbonyl (C=O) groups excluding carboxylic acids is 1. The van der Waals surface area contributed by atoms with Gasteiger partial charge >= 0.3 is 11.9 Å². The molecule has 0 fully saturated rings. The quantitative estimate of drug-likeness (QED) is 0.509. The highest BCUT2D eigenvalue weighted by atomic mass is 32.2. The normalized spacial score (nSPS) is 11.0. The highest BCUT2D eigenvalue weighted by molar-refractivity contribution is 7.99. The van der Waals surface area contributed by atoms with Crippen LogP contribution < -0.4 is 4.72 Å². The molecule has 2 aromatic rings. The van der Waals surface area contributed by atoms with Crippen LogP contribution >= 0.6 is 11.8 Å². The Bertz CT molecular complexity index is 956. The number of rotatable bonds is 8. The van der Waals surface area contributed by atoms with Crippen molar-refractivity contribution >= 4 is 39.4 Å². The summed E-state index contributed by atoms with van der Waals surface area (Å²) >= 11 is 1.26. The van der Waals surface area contributed by atoms with Crippen molar-refractivity contribution in [2.75, 3.05) is 17.6 Å². The third-order valence-electron chi connectivity index (χ3n) is 3.52. The van der Waals surface area contributed by atoms with E-state index in [2.05, 4.69) is 9.46 Å². The van der Waals surface area contributed by atoms with E-state index in [9.17, 15) is 18.0 Å². The van der Waals surface area contributed by atoms with E-state index in [0.717, 1.165) is 5.56 Å². The minimum atomic E-state index is -3.94. The first kappa shape index (κ1) is 20.8. The SMILES string of the molecule is COC(=O)c1cccc(S(=O)(=O)Nc2ccc(C)cc2SCCC(=O)O)c1. The molecule has 0 saturated carbocycles. The summed E-state index contributed by atoms with van der Waals surface area (Å²) in [7, 11) is -2.72. The van der Waals surface area contributed by atoms with Gasteiger partial charge < -0.3 is 9.84 Å². The van der Waals surface area contributed by atoms with Crippen molar-refractivity contribution in [2.24, 2.45) is 0 Å². The standard InChI is InChI=1S/C18H19NO6S2/c1-12-6-7-15(16(10-12)26-9-8-17(20)21)19-27(23,24)14-5-3-4-13(11-14)18(22)25-2/h3-7,10-11,19H,8-9H2,1-2H3,(H,20,21). The third kappa shape index (κ3) is 5.73. The monoisotopic (exact) mass is 409 g/mol. The van der Waals surface area contributed by atoms with E-state index in [-0.39, 0.29) is 16.9 Å². The number of methoxy groups -OCH3 is 1. The Morgan fingerprint density at radius 1 is 1.19 bits per heavy atom. The number of carbonyl (C=O) groups is 2. The molecule has 27 heavy (non-hydrogen) atoms. The minimum Gasteiger partial charge on any atom is -0.481 e. The third-order valence-corrected chi connectivity index (χ3v) is 5.94. The lowest BCUT2D eigenvalue weighted by Crippen LogP contribution is -2.14. The maximum absolute atomic E-state index is 12.7. The number of aryl methyl sites for hydroxylation is 1. The van der Waals surface area contributed by atoms with Gasteiger partial charge in [0.2, 0.25) is 0 Å². The molecule has 0 spiro atoms. The van der Waals surface area contributed by atoms with E-state index in [1.54, 1.807) is 18.2 Å². The number of carboxylic acids is 1. The molecule has 0 unspecified atom stereocenters. The molecule has 2 rings (SSSR count). The van der Waals surface area contributed by atoms with Gasteiger partial charge in [-0.25, -0.2) is 13.2 Å². The Kier molecular flexibility index (Phi) is 6.86. The number of aliphatic carboxylic acids is 1. The highest BCUT2D eigenvalue weighted by Crippen LogP contribution is 2.30. The molecule has 0 aromatic heterocycles. The fourth-order valence-corrected chi connectivity index (χ4v) is 4.42. The molecule has 0 aliphatic heterocycles. The van der Waals surface area contributed by atoms with Crippen molar-refractivity contribution in [1.82, 2.24) is 0 Å². The van der Waals surface area contributed by atoms with Gasteiger partial charge in [0.15, 0.2) is 0 Å². The van der Waals surface area contributed by atoms with Gasteiger partial charge in [-0.2, -0.15) is 0 Å². The van der Waals surface area contributed by atoms with Gasteiger partial charge in [-0.05, 0) is 42.8 Å². The van der Waals surface area contributed by atoms with E-state index in [0.29, 0.717) is 16.3 Å². The largest absolute Gasteiger partial charge is 0.481 e. The molecular weight excluding hydrogens is 390 g/mol. The Morgan fingerprint density at radius 2 is 1.93 bits per heavy atom. The number of hydrogen-bond acceptors (Lipinski definition) is 6. The summed E-state index contributed by atoms with van der Waals surface area (Å²) < 4.78 is 32.6. The number of sulfonamides is 1. The number of esters is 1. The molecule has 0 atom stereocenters. The van der Waals surface area contributed by atoms with Crippen molar-refractivity contribution in [3.05, 3.63) is 53.6 Å². The second kappa shape index (κ2) is 8.92. The maximum Gasteiger partial charge on any atom is 0.337 e. The van der Waals surface area contributed by atoms with Crippen LogP contribution in [0.2, 0.25) is 0 Å². The van der Waals surface area contributed by atoms with Crippen LogP contribution in [0.5, 0.6) is 0 Å². The Hall–Kier alpha value is -2.52. The molecule has 2 aromatic carbocycles. The summed E-state index contributed by atoms with van der Waals surface area (Å²) in [5.41, 5.74) is 1.39. The zero-order chi connectivity index (χ0) is 20.0. The summed E-state index contributed by atoms with van der Waals surface area (Å²) in [6, 6.07) is 10.7. The molecule has 0 radical (unpaired) electrons. The first-order valence-corrected chi connectivity index (χ1v) is 10.4. The zero-order valence-electron chi connectivity index (χ0n) is 14.8. The summed E-state index contributed by atoms with van der Waals surface area (Å²) in [5.74, 6) is -1.24. The lowest BCUT2D eigenvalue weighted by Gasteiger charge is -2.13. The predicted octanol–water partition coefficient (Wildman–Crippen LogP) is 3.15. The number of benzene rings is 2. The smallest absolute Gasteiger partial charge is 0.337 e. The van der Waals surface area contributed by atoms with Crippen LogP contribution in [-0.2, 0) is 19.6 Å². The molecule has 7 nitrogen and oxygen atoms in total. The van der Waals surface area contributed by atoms with Crippen molar-refractivity contribution < 1.29 is 27.9 Å². The number of anilines is 1. The predicted molar refractivity (Wildman–Crippen MR) is 103 cm³/mol. The molecular formula is C18H19NO6S2. The first-order chi connectivity index (χ1) is 12.7. The fraction of sp³-hybridized carbons (Fsp3) is 0.222. The summed E-state index contributed by atoms with van der Waals surface area (Å²) in [6.45, 7) is 1.86. The molecule has 0 aliphatic carbocycles. The van der Waals surface area contributed by atoms with Gasteiger partial charge in [0.25, 0.3) is 10.0 Å². The van der Waals surface area contributed by atoms with Gasteiger partial charge in [-0.3, -0.25) is 9.52 Å². The van der Waals surface area contributed by atoms with E-state index >= 15 is 0 Å². The van der Waals surface area contributed by atoms with Gasteiger partial charge in [0, 0.05) is 10.6 Å². The number of ether oxygens (including phenoxy) is 1. The molecule has 144 valence electrons. The fourth-order valence-electron chi connectivity index (χ4n) is 2.19. The Morgan fingerprint density at radius 3 is 2.59 bits per heavy atom. The number of nitrogens with one attached hydrogen (secondary N) is 1. The second-order valence-electron chi connectivity index (χ2n) is 5.62. The number of thioether (sulfide) groups is 1. The molecule has 0 amide bonds. The molecule has 0 bridgehead atoms. The van der Waals surface area contributed by atoms with E-state index in [1.165, 1.54) is 43.1 Å². The van der Waals surface area contributed by atoms with Gasteiger partial charge in [0.05, 0.1) is 29.7 Å². The highest BCUT2D eigenvalue weighted by Gasteiger charge is 2.18. The first-order valence-electron chi connectivity index (χ1n) is 7.89. The zero-order valence-corrected chi connectivity index (χ0v) is 16.4. The van der Waals surface area contributed by atoms with Crippen molar-refractivity contribution in [1.29, 1.82) is 0 Å². The average molecular weight is 409 g/mol. The second-order valence-corrected chi connectivity index (χ2v) is 8.44. The lowest BCUT2D eigenvalue weighted by atomic mass is 10.2. The molecule has 2 N–H and O–H groups in total. The maximum atomic E-state index is 12.7. The van der Waals surface area contributed by atoms with Crippen LogP contribution in [0.15, 0.2) is 52.3 Å². The molecule has 0 saturated heterocycles. The van der Waals surface area contributed by atoms with Crippen LogP contribution in [0.3, 0.4) is 0 Å². The van der Waals surface area contributed by atoms with Crippen molar-refractivity contribution in [3.63, 3.8) is 0 Å². The van der Waals surface area contributed by atoms with Crippen LogP contribution in [0.4, 0.5) is 5.69 Å². The van der Waals surface area contributed by atoms with Crippen molar-refractivity contribution in [2.45, 2.75) is 23.1 Å². The minimum absolute atomic E-state index is 0.0357. The van der Waals surface area contributed by atoms with Crippen LogP contribution in [-0.4, -0.2) is 38.3 Å². The Labute approximate surface area is 161 Å². The van der Waals surface area contributed by atoms with Crippen LogP contribution in [0.25, 0.3) is 0 Å². The average Bonchev–Trinajstić information content (AvgIpc) is 2.63. The molecule has 9 heteroatoms. The van der Waals surface area contributed by atoms with Crippen LogP contribution in [0.1, 0.15) is 22.3 Å². The van der Waals surface area contributed by atoms with E-state index < -0.39 is 22.0 Å². The summed E-state index contributed by atoms with van der Waals surface area (Å²) in [5, 5.41) is 8.78. The molecule has 0 heterocycles. The van der Waals surface area contributed by atoms with Crippen LogP contribution in [0, 0.1) is 6.92 Å². The topological polar surface area (TPSA) is 110 Å². The summed E-state index contributed by atoms with van der Waals surface area (Å²) in [4.78, 5) is 22.9. The van der Waals surface area contributed by atoms with Gasteiger partial charge in [0.1, 0.15) is 0 Å².